The predicted molar refractivity (Wildman–Crippen MR) is 66.8 cm³/mol. The van der Waals surface area contributed by atoms with Gasteiger partial charge in [0.2, 0.25) is 0 Å². The lowest BCUT2D eigenvalue weighted by atomic mass is 10.2. The molecule has 0 bridgehead atoms. The third-order valence-electron chi connectivity index (χ3n) is 2.38. The first kappa shape index (κ1) is 13.9. The number of rotatable bonds is 5. The van der Waals surface area contributed by atoms with Gasteiger partial charge in [-0.05, 0) is 18.4 Å². The molecule has 0 fully saturated rings. The Kier molecular flexibility index (Phi) is 4.49. The smallest absolute Gasteiger partial charge is 0.252 e. The second-order valence-electron chi connectivity index (χ2n) is 3.60. The van der Waals surface area contributed by atoms with Gasteiger partial charge in [0, 0.05) is 19.5 Å². The van der Waals surface area contributed by atoms with Gasteiger partial charge in [0.05, 0.1) is 0 Å². The predicted octanol–water partition coefficient (Wildman–Crippen LogP) is 0.894. The molecule has 8 heteroatoms. The topological polar surface area (TPSA) is 96.0 Å². The second kappa shape index (κ2) is 5.48. The summed E-state index contributed by atoms with van der Waals surface area (Å²) in [5, 5.41) is 13.0. The summed E-state index contributed by atoms with van der Waals surface area (Å²) in [6, 6.07) is 2.85. The van der Waals surface area contributed by atoms with Crippen molar-refractivity contribution < 1.29 is 13.6 Å². The van der Waals surface area contributed by atoms with Crippen LogP contribution in [0.2, 0.25) is 0 Å². The highest BCUT2D eigenvalue weighted by Gasteiger charge is 2.26. The van der Waals surface area contributed by atoms with Gasteiger partial charge >= 0.3 is 0 Å². The van der Waals surface area contributed by atoms with Gasteiger partial charge < -0.3 is 10.9 Å². The van der Waals surface area contributed by atoms with Crippen LogP contribution in [0.25, 0.3) is 0 Å². The van der Waals surface area contributed by atoms with E-state index in [2.05, 4.69) is 5.16 Å². The van der Waals surface area contributed by atoms with Crippen LogP contribution in [0, 0.1) is 0 Å². The molecule has 1 atom stereocenters. The lowest BCUT2D eigenvalue weighted by molar-refractivity contribution is 0.313. The van der Waals surface area contributed by atoms with Crippen LogP contribution in [0.3, 0.4) is 0 Å². The minimum absolute atomic E-state index is 0.00531. The molecular formula is C9H15N3O3S2. The summed E-state index contributed by atoms with van der Waals surface area (Å²) >= 11 is 1.16. The third kappa shape index (κ3) is 3.18. The van der Waals surface area contributed by atoms with E-state index in [0.717, 1.165) is 11.3 Å². The first-order valence-electron chi connectivity index (χ1n) is 4.87. The molecule has 1 aromatic heterocycles. The summed E-state index contributed by atoms with van der Waals surface area (Å²) in [4.78, 5) is 0. The average molecular weight is 277 g/mol. The zero-order valence-corrected chi connectivity index (χ0v) is 11.2. The molecule has 0 saturated heterocycles. The number of oxime groups is 1. The molecule has 3 N–H and O–H groups in total. The van der Waals surface area contributed by atoms with Crippen LogP contribution in [-0.4, -0.2) is 36.9 Å². The zero-order chi connectivity index (χ0) is 13.1. The molecule has 6 nitrogen and oxygen atoms in total. The fourth-order valence-electron chi connectivity index (χ4n) is 1.26. The molecule has 0 amide bonds. The number of nitrogens with zero attached hydrogens (tertiary/aromatic N) is 2. The SMILES string of the molecule is CC(CC(N)=NO)N(C)S(=O)(=O)c1cccs1. The van der Waals surface area contributed by atoms with Crippen LogP contribution < -0.4 is 5.73 Å². The Balaban J connectivity index is 2.86. The van der Waals surface area contributed by atoms with E-state index in [9.17, 15) is 8.42 Å². The number of hydrogen-bond acceptors (Lipinski definition) is 5. The molecule has 17 heavy (non-hydrogen) atoms. The van der Waals surface area contributed by atoms with E-state index in [1.807, 2.05) is 0 Å². The first-order valence-corrected chi connectivity index (χ1v) is 7.19. The fourth-order valence-corrected chi connectivity index (χ4v) is 3.80. The minimum Gasteiger partial charge on any atom is -0.409 e. The van der Waals surface area contributed by atoms with Gasteiger partial charge in [-0.25, -0.2) is 8.42 Å². The number of sulfonamides is 1. The van der Waals surface area contributed by atoms with Crippen LogP contribution in [0.5, 0.6) is 0 Å². The van der Waals surface area contributed by atoms with Crippen molar-refractivity contribution in [1.29, 1.82) is 0 Å². The Hall–Kier alpha value is -1.12. The molecule has 0 aromatic carbocycles. The summed E-state index contributed by atoms with van der Waals surface area (Å²) in [6.07, 6.45) is 0.178. The van der Waals surface area contributed by atoms with Crippen molar-refractivity contribution in [1.82, 2.24) is 4.31 Å². The second-order valence-corrected chi connectivity index (χ2v) is 6.77. The summed E-state index contributed by atoms with van der Waals surface area (Å²) in [5.41, 5.74) is 5.35. The van der Waals surface area contributed by atoms with Gasteiger partial charge in [0.15, 0.2) is 0 Å². The van der Waals surface area contributed by atoms with Crippen molar-refractivity contribution in [2.75, 3.05) is 7.05 Å². The van der Waals surface area contributed by atoms with E-state index < -0.39 is 10.0 Å². The van der Waals surface area contributed by atoms with Gasteiger partial charge in [-0.2, -0.15) is 4.31 Å². The summed E-state index contributed by atoms with van der Waals surface area (Å²) in [5.74, 6) is 0.00531. The van der Waals surface area contributed by atoms with E-state index in [1.165, 1.54) is 11.4 Å². The number of nitrogens with two attached hydrogens (primary N) is 1. The van der Waals surface area contributed by atoms with Crippen molar-refractivity contribution >= 4 is 27.2 Å². The molecule has 1 heterocycles. The maximum atomic E-state index is 12.1. The number of amidine groups is 1. The minimum atomic E-state index is -3.49. The summed E-state index contributed by atoms with van der Waals surface area (Å²) in [7, 11) is -2.01. The Bertz CT molecular complexity index is 482. The molecule has 0 spiro atoms. The molecule has 1 unspecified atom stereocenters. The lowest BCUT2D eigenvalue weighted by Crippen LogP contribution is -2.37. The maximum absolute atomic E-state index is 12.1. The Labute approximate surface area is 104 Å². The van der Waals surface area contributed by atoms with Crippen LogP contribution in [0.1, 0.15) is 13.3 Å². The number of hydrogen-bond donors (Lipinski definition) is 2. The molecule has 1 rings (SSSR count). The highest BCUT2D eigenvalue weighted by atomic mass is 32.2. The molecule has 0 aliphatic heterocycles. The van der Waals surface area contributed by atoms with E-state index in [4.69, 9.17) is 10.9 Å². The zero-order valence-electron chi connectivity index (χ0n) is 9.57. The molecule has 0 radical (unpaired) electrons. The monoisotopic (exact) mass is 277 g/mol. The quantitative estimate of drug-likeness (QED) is 0.361. The van der Waals surface area contributed by atoms with Gasteiger partial charge in [0.25, 0.3) is 10.0 Å². The van der Waals surface area contributed by atoms with E-state index in [0.29, 0.717) is 0 Å². The third-order valence-corrected chi connectivity index (χ3v) is 5.73. The lowest BCUT2D eigenvalue weighted by Gasteiger charge is -2.22. The fraction of sp³-hybridized carbons (Fsp3) is 0.444. The van der Waals surface area contributed by atoms with Crippen molar-refractivity contribution in [3.8, 4) is 0 Å². The largest absolute Gasteiger partial charge is 0.409 e. The highest BCUT2D eigenvalue weighted by molar-refractivity contribution is 7.91. The molecular weight excluding hydrogens is 262 g/mol. The Morgan fingerprint density at radius 1 is 1.71 bits per heavy atom. The van der Waals surface area contributed by atoms with Gasteiger partial charge in [-0.3, -0.25) is 0 Å². The normalized spacial score (nSPS) is 15.1. The Morgan fingerprint density at radius 2 is 2.35 bits per heavy atom. The standard InChI is InChI=1S/C9H15N3O3S2/c1-7(6-8(10)11-13)12(2)17(14,15)9-4-3-5-16-9/h3-5,7,13H,6H2,1-2H3,(H2,10,11). The molecule has 1 aromatic rings. The van der Waals surface area contributed by atoms with Crippen LogP contribution in [-0.2, 0) is 10.0 Å². The van der Waals surface area contributed by atoms with E-state index in [1.54, 1.807) is 24.4 Å². The van der Waals surface area contributed by atoms with Crippen molar-refractivity contribution in [2.45, 2.75) is 23.6 Å². The van der Waals surface area contributed by atoms with Crippen LogP contribution >= 0.6 is 11.3 Å². The highest BCUT2D eigenvalue weighted by Crippen LogP contribution is 2.22. The average Bonchev–Trinajstić information content (AvgIpc) is 2.81. The van der Waals surface area contributed by atoms with Gasteiger partial charge in [0.1, 0.15) is 10.0 Å². The van der Waals surface area contributed by atoms with E-state index >= 15 is 0 Å². The molecule has 0 aliphatic rings. The molecule has 96 valence electrons. The molecule has 0 aliphatic carbocycles. The van der Waals surface area contributed by atoms with Crippen molar-refractivity contribution in [3.05, 3.63) is 17.5 Å². The van der Waals surface area contributed by atoms with Gasteiger partial charge in [-0.15, -0.1) is 11.3 Å². The molecule has 0 saturated carbocycles. The van der Waals surface area contributed by atoms with E-state index in [-0.39, 0.29) is 22.5 Å². The summed E-state index contributed by atoms with van der Waals surface area (Å²) in [6.45, 7) is 1.70. The van der Waals surface area contributed by atoms with Crippen LogP contribution in [0.4, 0.5) is 0 Å². The maximum Gasteiger partial charge on any atom is 0.252 e. The van der Waals surface area contributed by atoms with Crippen molar-refractivity contribution in [3.63, 3.8) is 0 Å². The summed E-state index contributed by atoms with van der Waals surface area (Å²) < 4.78 is 25.7. The first-order chi connectivity index (χ1) is 7.89. The van der Waals surface area contributed by atoms with Crippen molar-refractivity contribution in [2.24, 2.45) is 10.9 Å². The Morgan fingerprint density at radius 3 is 2.82 bits per heavy atom. The van der Waals surface area contributed by atoms with Crippen LogP contribution in [0.15, 0.2) is 26.9 Å². The van der Waals surface area contributed by atoms with Gasteiger partial charge in [-0.1, -0.05) is 11.2 Å². The number of thiophene rings is 1.